The number of benzene rings is 1. The summed E-state index contributed by atoms with van der Waals surface area (Å²) in [4.78, 5) is 10.6. The minimum absolute atomic E-state index is 0.145. The molecular formula is C16H22O5. The van der Waals surface area contributed by atoms with E-state index in [4.69, 9.17) is 19.3 Å². The van der Waals surface area contributed by atoms with Crippen LogP contribution in [0, 0.1) is 0 Å². The Bertz CT molecular complexity index is 482. The van der Waals surface area contributed by atoms with Gasteiger partial charge in [0, 0.05) is 24.8 Å². The lowest BCUT2D eigenvalue weighted by Gasteiger charge is -2.17. The van der Waals surface area contributed by atoms with Gasteiger partial charge in [0.1, 0.15) is 17.6 Å². The van der Waals surface area contributed by atoms with Gasteiger partial charge in [-0.2, -0.15) is 0 Å². The summed E-state index contributed by atoms with van der Waals surface area (Å²) in [5.41, 5.74) is 0.684. The van der Waals surface area contributed by atoms with Crippen LogP contribution in [0.3, 0.4) is 0 Å². The van der Waals surface area contributed by atoms with E-state index in [2.05, 4.69) is 0 Å². The van der Waals surface area contributed by atoms with E-state index in [1.165, 1.54) is 6.08 Å². The normalized spacial score (nSPS) is 12.3. The Balaban J connectivity index is 2.96. The highest BCUT2D eigenvalue weighted by Gasteiger charge is 2.09. The van der Waals surface area contributed by atoms with Crippen molar-refractivity contribution >= 4 is 12.0 Å². The van der Waals surface area contributed by atoms with E-state index < -0.39 is 5.97 Å². The number of aliphatic carboxylic acids is 1. The number of methoxy groups -OCH3 is 1. The first-order valence-electron chi connectivity index (χ1n) is 6.90. The van der Waals surface area contributed by atoms with Crippen LogP contribution in [-0.4, -0.2) is 37.5 Å². The van der Waals surface area contributed by atoms with Gasteiger partial charge in [0.05, 0.1) is 13.2 Å². The first kappa shape index (κ1) is 17.0. The van der Waals surface area contributed by atoms with Crippen LogP contribution in [0.15, 0.2) is 24.3 Å². The zero-order valence-electron chi connectivity index (χ0n) is 12.7. The van der Waals surface area contributed by atoms with E-state index in [1.807, 2.05) is 13.8 Å². The largest absolute Gasteiger partial charge is 0.493 e. The second kappa shape index (κ2) is 9.02. The van der Waals surface area contributed by atoms with E-state index in [0.29, 0.717) is 30.3 Å². The van der Waals surface area contributed by atoms with Crippen molar-refractivity contribution in [2.45, 2.75) is 26.4 Å². The van der Waals surface area contributed by atoms with E-state index in [1.54, 1.807) is 25.3 Å². The molecule has 5 heteroatoms. The number of carboxylic acids is 1. The number of ether oxygens (including phenoxy) is 3. The van der Waals surface area contributed by atoms with Crippen molar-refractivity contribution in [1.82, 2.24) is 0 Å². The van der Waals surface area contributed by atoms with Crippen molar-refractivity contribution in [2.24, 2.45) is 0 Å². The maximum Gasteiger partial charge on any atom is 0.328 e. The maximum atomic E-state index is 10.6. The summed E-state index contributed by atoms with van der Waals surface area (Å²) in [7, 11) is 1.60. The van der Waals surface area contributed by atoms with Crippen molar-refractivity contribution < 1.29 is 24.1 Å². The van der Waals surface area contributed by atoms with E-state index in [0.717, 1.165) is 12.5 Å². The molecule has 0 bridgehead atoms. The fraction of sp³-hybridized carbons (Fsp3) is 0.438. The Morgan fingerprint density at radius 3 is 2.81 bits per heavy atom. The van der Waals surface area contributed by atoms with Gasteiger partial charge in [-0.3, -0.25) is 0 Å². The molecule has 0 aromatic heterocycles. The molecule has 1 atom stereocenters. The maximum absolute atomic E-state index is 10.6. The zero-order valence-corrected chi connectivity index (χ0v) is 12.7. The summed E-state index contributed by atoms with van der Waals surface area (Å²) in [6.07, 6.45) is 3.35. The first-order chi connectivity index (χ1) is 10.1. The highest BCUT2D eigenvalue weighted by molar-refractivity contribution is 5.86. The van der Waals surface area contributed by atoms with Gasteiger partial charge in [0.15, 0.2) is 0 Å². The van der Waals surface area contributed by atoms with Gasteiger partial charge in [-0.25, -0.2) is 4.79 Å². The Morgan fingerprint density at radius 1 is 1.43 bits per heavy atom. The minimum atomic E-state index is -1.00. The standard InChI is InChI=1S/C16H22O5/c1-4-9-20-14-7-5-13(6-8-16(17)18)15(10-14)21-12(2)11-19-3/h5-8,10,12H,4,9,11H2,1-3H3,(H,17,18). The van der Waals surface area contributed by atoms with Crippen LogP contribution in [-0.2, 0) is 9.53 Å². The van der Waals surface area contributed by atoms with Crippen LogP contribution >= 0.6 is 0 Å². The SMILES string of the molecule is CCCOc1ccc(C=CC(=O)O)c(OC(C)COC)c1. The van der Waals surface area contributed by atoms with Gasteiger partial charge in [0.2, 0.25) is 0 Å². The second-order valence-electron chi connectivity index (χ2n) is 4.60. The van der Waals surface area contributed by atoms with E-state index in [-0.39, 0.29) is 6.10 Å². The molecule has 0 saturated heterocycles. The molecule has 0 fully saturated rings. The molecule has 0 aliphatic carbocycles. The van der Waals surface area contributed by atoms with Crippen molar-refractivity contribution in [3.05, 3.63) is 29.8 Å². The number of rotatable bonds is 9. The lowest BCUT2D eigenvalue weighted by Crippen LogP contribution is -2.18. The number of hydrogen-bond acceptors (Lipinski definition) is 4. The third-order valence-corrected chi connectivity index (χ3v) is 2.59. The van der Waals surface area contributed by atoms with Crippen molar-refractivity contribution in [3.8, 4) is 11.5 Å². The summed E-state index contributed by atoms with van der Waals surface area (Å²) in [6.45, 7) is 4.98. The highest BCUT2D eigenvalue weighted by atomic mass is 16.5. The molecule has 21 heavy (non-hydrogen) atoms. The number of carboxylic acid groups (broad SMARTS) is 1. The molecule has 1 unspecified atom stereocenters. The van der Waals surface area contributed by atoms with Crippen LogP contribution in [0.1, 0.15) is 25.8 Å². The Labute approximate surface area is 125 Å². The highest BCUT2D eigenvalue weighted by Crippen LogP contribution is 2.27. The molecule has 0 aliphatic rings. The summed E-state index contributed by atoms with van der Waals surface area (Å²) >= 11 is 0. The van der Waals surface area contributed by atoms with E-state index in [9.17, 15) is 4.79 Å². The molecule has 0 saturated carbocycles. The smallest absolute Gasteiger partial charge is 0.328 e. The molecule has 0 amide bonds. The van der Waals surface area contributed by atoms with Crippen LogP contribution in [0.4, 0.5) is 0 Å². The van der Waals surface area contributed by atoms with E-state index >= 15 is 0 Å². The monoisotopic (exact) mass is 294 g/mol. The zero-order chi connectivity index (χ0) is 15.7. The molecule has 0 aliphatic heterocycles. The Morgan fingerprint density at radius 2 is 2.19 bits per heavy atom. The molecular weight excluding hydrogens is 272 g/mol. The predicted octanol–water partition coefficient (Wildman–Crippen LogP) is 2.99. The van der Waals surface area contributed by atoms with Gasteiger partial charge in [-0.1, -0.05) is 6.92 Å². The Hall–Kier alpha value is -2.01. The van der Waals surface area contributed by atoms with Crippen molar-refractivity contribution in [2.75, 3.05) is 20.3 Å². The first-order valence-corrected chi connectivity index (χ1v) is 6.90. The van der Waals surface area contributed by atoms with Gasteiger partial charge in [-0.15, -0.1) is 0 Å². The summed E-state index contributed by atoms with van der Waals surface area (Å²) in [6, 6.07) is 5.34. The predicted molar refractivity (Wildman–Crippen MR) is 80.9 cm³/mol. The van der Waals surface area contributed by atoms with Gasteiger partial charge >= 0.3 is 5.97 Å². The molecule has 5 nitrogen and oxygen atoms in total. The lowest BCUT2D eigenvalue weighted by molar-refractivity contribution is -0.131. The molecule has 1 aromatic rings. The third-order valence-electron chi connectivity index (χ3n) is 2.59. The van der Waals surface area contributed by atoms with Crippen molar-refractivity contribution in [3.63, 3.8) is 0 Å². The summed E-state index contributed by atoms with van der Waals surface area (Å²) in [5, 5.41) is 8.73. The lowest BCUT2D eigenvalue weighted by atomic mass is 10.1. The average molecular weight is 294 g/mol. The molecule has 1 aromatic carbocycles. The molecule has 0 heterocycles. The van der Waals surface area contributed by atoms with Crippen LogP contribution in [0.2, 0.25) is 0 Å². The summed E-state index contributed by atoms with van der Waals surface area (Å²) in [5.74, 6) is 0.270. The topological polar surface area (TPSA) is 65.0 Å². The average Bonchev–Trinajstić information content (AvgIpc) is 2.44. The fourth-order valence-electron chi connectivity index (χ4n) is 1.71. The molecule has 1 rings (SSSR count). The minimum Gasteiger partial charge on any atom is -0.493 e. The molecule has 0 spiro atoms. The molecule has 1 N–H and O–H groups in total. The van der Waals surface area contributed by atoms with Crippen LogP contribution in [0.5, 0.6) is 11.5 Å². The third kappa shape index (κ3) is 6.31. The van der Waals surface area contributed by atoms with Crippen LogP contribution in [0.25, 0.3) is 6.08 Å². The van der Waals surface area contributed by atoms with Crippen molar-refractivity contribution in [1.29, 1.82) is 0 Å². The number of hydrogen-bond donors (Lipinski definition) is 1. The summed E-state index contributed by atoms with van der Waals surface area (Å²) < 4.78 is 16.4. The quantitative estimate of drug-likeness (QED) is 0.709. The van der Waals surface area contributed by atoms with Gasteiger partial charge in [-0.05, 0) is 31.6 Å². The van der Waals surface area contributed by atoms with Gasteiger partial charge in [0.25, 0.3) is 0 Å². The molecule has 116 valence electrons. The number of carbonyl (C=O) groups is 1. The van der Waals surface area contributed by atoms with Crippen LogP contribution < -0.4 is 9.47 Å². The van der Waals surface area contributed by atoms with Gasteiger partial charge < -0.3 is 19.3 Å². The Kier molecular flexibility index (Phi) is 7.32. The second-order valence-corrected chi connectivity index (χ2v) is 4.60. The molecule has 0 radical (unpaired) electrons. The fourth-order valence-corrected chi connectivity index (χ4v) is 1.71.